The van der Waals surface area contributed by atoms with Crippen LogP contribution in [0.25, 0.3) is 0 Å². The van der Waals surface area contributed by atoms with E-state index in [1.54, 1.807) is 12.1 Å². The second-order valence-corrected chi connectivity index (χ2v) is 11.1. The Bertz CT molecular complexity index is 1050. The van der Waals surface area contributed by atoms with Gasteiger partial charge in [0.1, 0.15) is 5.92 Å². The summed E-state index contributed by atoms with van der Waals surface area (Å²) >= 11 is 0. The molecule has 9 heteroatoms. The van der Waals surface area contributed by atoms with Gasteiger partial charge in [0.05, 0.1) is 4.90 Å². The fraction of sp³-hybridized carbons (Fsp3) is 0.560. The van der Waals surface area contributed by atoms with Crippen molar-refractivity contribution in [3.05, 3.63) is 41.0 Å². The van der Waals surface area contributed by atoms with E-state index in [1.165, 1.54) is 12.1 Å². The third kappa shape index (κ3) is 6.46. The Labute approximate surface area is 202 Å². The number of benzene rings is 1. The van der Waals surface area contributed by atoms with Gasteiger partial charge >= 0.3 is 6.03 Å². The lowest BCUT2D eigenvalue weighted by Crippen LogP contribution is -2.45. The Kier molecular flexibility index (Phi) is 8.52. The molecule has 0 bridgehead atoms. The van der Waals surface area contributed by atoms with E-state index in [2.05, 4.69) is 22.3 Å². The van der Waals surface area contributed by atoms with Gasteiger partial charge in [-0.25, -0.2) is 17.9 Å². The summed E-state index contributed by atoms with van der Waals surface area (Å²) in [5.74, 6) is -0.357. The molecule has 1 saturated carbocycles. The minimum atomic E-state index is -3.98. The van der Waals surface area contributed by atoms with Gasteiger partial charge in [0.2, 0.25) is 5.91 Å². The van der Waals surface area contributed by atoms with Crippen LogP contribution < -0.4 is 15.4 Å². The molecule has 1 aromatic carbocycles. The molecular weight excluding hydrogens is 454 g/mol. The van der Waals surface area contributed by atoms with E-state index in [1.807, 2.05) is 13.8 Å². The molecule has 1 fully saturated rings. The summed E-state index contributed by atoms with van der Waals surface area (Å²) in [5, 5.41) is 5.57. The number of ketones is 1. The van der Waals surface area contributed by atoms with Crippen LogP contribution >= 0.6 is 0 Å². The fourth-order valence-electron chi connectivity index (χ4n) is 4.72. The van der Waals surface area contributed by atoms with Crippen LogP contribution in [0.1, 0.15) is 64.9 Å². The first-order valence-corrected chi connectivity index (χ1v) is 13.5. The van der Waals surface area contributed by atoms with E-state index in [0.717, 1.165) is 42.4 Å². The van der Waals surface area contributed by atoms with Crippen molar-refractivity contribution in [1.29, 1.82) is 0 Å². The first-order valence-electron chi connectivity index (χ1n) is 12.0. The Hall–Kier alpha value is -2.68. The predicted octanol–water partition coefficient (Wildman–Crippen LogP) is 3.23. The summed E-state index contributed by atoms with van der Waals surface area (Å²) in [6.07, 6.45) is 5.35. The maximum absolute atomic E-state index is 12.5. The van der Waals surface area contributed by atoms with Crippen molar-refractivity contribution in [2.24, 2.45) is 11.8 Å². The Balaban J connectivity index is 1.46. The number of carbonyl (C=O) groups is 3. The summed E-state index contributed by atoms with van der Waals surface area (Å²) in [7, 11) is -3.98. The number of hydrogen-bond donors (Lipinski definition) is 3. The zero-order valence-electron chi connectivity index (χ0n) is 20.1. The smallest absolute Gasteiger partial charge is 0.328 e. The number of allylic oxidation sites excluding steroid dienone is 2. The SMILES string of the molecule is CCC1=C(C)CC(C(=O)NCCc2ccc(S(=O)(=O)NC(=O)N[C@H]3CC[C@H](C)CC3)cc2)C1=O. The molecule has 0 radical (unpaired) electrons. The second-order valence-electron chi connectivity index (χ2n) is 9.45. The van der Waals surface area contributed by atoms with E-state index >= 15 is 0 Å². The topological polar surface area (TPSA) is 121 Å². The molecule has 0 aromatic heterocycles. The predicted molar refractivity (Wildman–Crippen MR) is 130 cm³/mol. The van der Waals surface area contributed by atoms with Crippen LogP contribution in [0.5, 0.6) is 0 Å². The van der Waals surface area contributed by atoms with Gasteiger partial charge in [-0.3, -0.25) is 9.59 Å². The van der Waals surface area contributed by atoms with Crippen molar-refractivity contribution in [2.45, 2.75) is 76.7 Å². The van der Waals surface area contributed by atoms with Gasteiger partial charge in [-0.05, 0) is 81.1 Å². The van der Waals surface area contributed by atoms with Gasteiger partial charge in [-0.2, -0.15) is 0 Å². The molecule has 1 aromatic rings. The summed E-state index contributed by atoms with van der Waals surface area (Å²) in [6.45, 7) is 6.33. The molecule has 2 aliphatic carbocycles. The number of carbonyl (C=O) groups excluding carboxylic acids is 3. The van der Waals surface area contributed by atoms with E-state index in [-0.39, 0.29) is 22.6 Å². The van der Waals surface area contributed by atoms with Crippen LogP contribution in [-0.2, 0) is 26.0 Å². The fourth-order valence-corrected chi connectivity index (χ4v) is 5.63. The molecule has 186 valence electrons. The quantitative estimate of drug-likeness (QED) is 0.484. The van der Waals surface area contributed by atoms with Crippen molar-refractivity contribution >= 4 is 27.7 Å². The highest BCUT2D eigenvalue weighted by atomic mass is 32.2. The van der Waals surface area contributed by atoms with Gasteiger partial charge < -0.3 is 10.6 Å². The summed E-state index contributed by atoms with van der Waals surface area (Å²) < 4.78 is 27.2. The lowest BCUT2D eigenvalue weighted by Gasteiger charge is -2.26. The van der Waals surface area contributed by atoms with Crippen molar-refractivity contribution in [3.63, 3.8) is 0 Å². The number of sulfonamides is 1. The van der Waals surface area contributed by atoms with Gasteiger partial charge in [0.15, 0.2) is 5.78 Å². The molecule has 3 rings (SSSR count). The largest absolute Gasteiger partial charge is 0.355 e. The Morgan fingerprint density at radius 1 is 1.06 bits per heavy atom. The maximum atomic E-state index is 12.5. The van der Waals surface area contributed by atoms with Crippen molar-refractivity contribution < 1.29 is 22.8 Å². The number of Topliss-reactive ketones (excluding diaryl/α,β-unsaturated/α-hetero) is 1. The van der Waals surface area contributed by atoms with Crippen molar-refractivity contribution in [2.75, 3.05) is 6.54 Å². The number of nitrogens with one attached hydrogen (secondary N) is 3. The van der Waals surface area contributed by atoms with Crippen molar-refractivity contribution in [3.8, 4) is 0 Å². The maximum Gasteiger partial charge on any atom is 0.328 e. The lowest BCUT2D eigenvalue weighted by atomic mass is 9.87. The summed E-state index contributed by atoms with van der Waals surface area (Å²) in [6, 6.07) is 5.48. The van der Waals surface area contributed by atoms with Gasteiger partial charge in [-0.1, -0.05) is 31.6 Å². The Morgan fingerprint density at radius 3 is 2.29 bits per heavy atom. The number of rotatable bonds is 8. The van der Waals surface area contributed by atoms with Crippen LogP contribution in [0.2, 0.25) is 0 Å². The molecule has 1 atom stereocenters. The average molecular weight is 490 g/mol. The highest BCUT2D eigenvalue weighted by Gasteiger charge is 2.35. The third-order valence-corrected chi connectivity index (χ3v) is 8.18. The van der Waals surface area contributed by atoms with Gasteiger partial charge in [0, 0.05) is 12.6 Å². The molecule has 2 aliphatic rings. The standard InChI is InChI=1S/C25H35N3O5S/c1-4-21-17(3)15-22(23(21)29)24(30)26-14-13-18-7-11-20(12-8-18)34(32,33)28-25(31)27-19-9-5-16(2)6-10-19/h7-8,11-12,16,19,22H,4-6,9-10,13-15H2,1-3H3,(H,26,30)(H2,27,28,31)/t16-,19-,22?. The summed E-state index contributed by atoms with van der Waals surface area (Å²) in [5.41, 5.74) is 2.58. The molecule has 0 saturated heterocycles. The number of urea groups is 1. The average Bonchev–Trinajstić information content (AvgIpc) is 3.08. The zero-order valence-corrected chi connectivity index (χ0v) is 21.0. The van der Waals surface area contributed by atoms with E-state index in [9.17, 15) is 22.8 Å². The molecule has 8 nitrogen and oxygen atoms in total. The van der Waals surface area contributed by atoms with Crippen molar-refractivity contribution in [1.82, 2.24) is 15.4 Å². The lowest BCUT2D eigenvalue weighted by molar-refractivity contribution is -0.131. The van der Waals surface area contributed by atoms with E-state index in [4.69, 9.17) is 0 Å². The first-order chi connectivity index (χ1) is 16.1. The number of hydrogen-bond acceptors (Lipinski definition) is 5. The highest BCUT2D eigenvalue weighted by Crippen LogP contribution is 2.30. The van der Waals surface area contributed by atoms with Crippen LogP contribution in [-0.4, -0.2) is 38.7 Å². The minimum absolute atomic E-state index is 0.00195. The second kappa shape index (κ2) is 11.2. The summed E-state index contributed by atoms with van der Waals surface area (Å²) in [4.78, 5) is 36.9. The molecule has 0 spiro atoms. The van der Waals surface area contributed by atoms with E-state index in [0.29, 0.717) is 31.7 Å². The van der Waals surface area contributed by atoms with Crippen LogP contribution in [0.3, 0.4) is 0 Å². The van der Waals surface area contributed by atoms with E-state index < -0.39 is 22.0 Å². The molecule has 0 heterocycles. The third-order valence-electron chi connectivity index (χ3n) is 6.83. The molecule has 1 unspecified atom stereocenters. The molecule has 3 amide bonds. The minimum Gasteiger partial charge on any atom is -0.355 e. The van der Waals surface area contributed by atoms with Crippen LogP contribution in [0.4, 0.5) is 4.79 Å². The van der Waals surface area contributed by atoms with Gasteiger partial charge in [-0.15, -0.1) is 0 Å². The van der Waals surface area contributed by atoms with Gasteiger partial charge in [0.25, 0.3) is 10.0 Å². The molecular formula is C25H35N3O5S. The first kappa shape index (κ1) is 25.9. The molecule has 3 N–H and O–H groups in total. The molecule has 34 heavy (non-hydrogen) atoms. The molecule has 0 aliphatic heterocycles. The number of amides is 3. The van der Waals surface area contributed by atoms with Crippen LogP contribution in [0, 0.1) is 11.8 Å². The normalized spacial score (nSPS) is 23.0. The monoisotopic (exact) mass is 489 g/mol. The zero-order chi connectivity index (χ0) is 24.9. The Morgan fingerprint density at radius 2 is 1.71 bits per heavy atom. The van der Waals surface area contributed by atoms with Crippen LogP contribution in [0.15, 0.2) is 40.3 Å². The highest BCUT2D eigenvalue weighted by molar-refractivity contribution is 7.90.